The smallest absolute Gasteiger partial charge is 0.119 e. The molecule has 1 aromatic rings. The second-order valence-corrected chi connectivity index (χ2v) is 4.94. The van der Waals surface area contributed by atoms with Crippen molar-refractivity contribution in [3.8, 4) is 17.6 Å². The summed E-state index contributed by atoms with van der Waals surface area (Å²) in [4.78, 5) is 0. The van der Waals surface area contributed by atoms with Gasteiger partial charge in [0.25, 0.3) is 0 Å². The van der Waals surface area contributed by atoms with Gasteiger partial charge in [-0.3, -0.25) is 0 Å². The molecule has 0 saturated heterocycles. The van der Waals surface area contributed by atoms with Crippen molar-refractivity contribution in [3.05, 3.63) is 24.3 Å². The second-order valence-electron chi connectivity index (χ2n) is 4.94. The van der Waals surface area contributed by atoms with Crippen molar-refractivity contribution in [2.75, 3.05) is 13.2 Å². The molecule has 0 radical (unpaired) electrons. The molecule has 0 atom stereocenters. The average Bonchev–Trinajstić information content (AvgIpc) is 3.16. The van der Waals surface area contributed by atoms with E-state index in [1.54, 1.807) is 0 Å². The zero-order valence-corrected chi connectivity index (χ0v) is 10.8. The van der Waals surface area contributed by atoms with Gasteiger partial charge in [-0.15, -0.1) is 0 Å². The van der Waals surface area contributed by atoms with E-state index in [-0.39, 0.29) is 5.41 Å². The van der Waals surface area contributed by atoms with E-state index < -0.39 is 0 Å². The van der Waals surface area contributed by atoms with Crippen LogP contribution in [0.4, 0.5) is 0 Å². The largest absolute Gasteiger partial charge is 0.494 e. The van der Waals surface area contributed by atoms with Crippen molar-refractivity contribution in [2.45, 2.75) is 32.6 Å². The van der Waals surface area contributed by atoms with Crippen LogP contribution in [0.5, 0.6) is 11.5 Å². The first-order valence-corrected chi connectivity index (χ1v) is 6.51. The maximum absolute atomic E-state index is 8.74. The van der Waals surface area contributed by atoms with Gasteiger partial charge in [-0.2, -0.15) is 5.26 Å². The molecule has 0 N–H and O–H groups in total. The fourth-order valence-electron chi connectivity index (χ4n) is 1.81. The quantitative estimate of drug-likeness (QED) is 0.737. The summed E-state index contributed by atoms with van der Waals surface area (Å²) in [6.45, 7) is 3.48. The molecule has 96 valence electrons. The Morgan fingerprint density at radius 1 is 1.17 bits per heavy atom. The lowest BCUT2D eigenvalue weighted by atomic mass is 10.1. The predicted octanol–water partition coefficient (Wildman–Crippen LogP) is 3.55. The predicted molar refractivity (Wildman–Crippen MR) is 69.6 cm³/mol. The summed E-state index contributed by atoms with van der Waals surface area (Å²) in [5, 5.41) is 8.74. The monoisotopic (exact) mass is 245 g/mol. The highest BCUT2D eigenvalue weighted by Gasteiger charge is 2.43. The van der Waals surface area contributed by atoms with E-state index in [0.717, 1.165) is 37.4 Å². The highest BCUT2D eigenvalue weighted by molar-refractivity contribution is 5.31. The lowest BCUT2D eigenvalue weighted by molar-refractivity contribution is 0.236. The molecule has 0 aromatic heterocycles. The molecule has 0 amide bonds. The van der Waals surface area contributed by atoms with Crippen LogP contribution in [-0.4, -0.2) is 13.2 Å². The Hall–Kier alpha value is -1.69. The SMILES string of the molecule is CCCOc1ccc(OCC2(CC#N)CC2)cc1. The van der Waals surface area contributed by atoms with Crippen LogP contribution in [0.2, 0.25) is 0 Å². The Morgan fingerprint density at radius 2 is 1.78 bits per heavy atom. The summed E-state index contributed by atoms with van der Waals surface area (Å²) in [5.41, 5.74) is 0.131. The average molecular weight is 245 g/mol. The molecular formula is C15H19NO2. The summed E-state index contributed by atoms with van der Waals surface area (Å²) in [6, 6.07) is 9.94. The standard InChI is InChI=1S/C15H19NO2/c1-2-11-17-13-3-5-14(6-4-13)18-12-15(7-8-15)9-10-16/h3-6H,2,7-9,11-12H2,1H3. The van der Waals surface area contributed by atoms with E-state index >= 15 is 0 Å². The fraction of sp³-hybridized carbons (Fsp3) is 0.533. The van der Waals surface area contributed by atoms with Crippen LogP contribution in [0.15, 0.2) is 24.3 Å². The zero-order valence-electron chi connectivity index (χ0n) is 10.8. The number of nitrogens with zero attached hydrogens (tertiary/aromatic N) is 1. The summed E-state index contributed by atoms with van der Waals surface area (Å²) in [5.74, 6) is 1.73. The maximum Gasteiger partial charge on any atom is 0.119 e. The molecular weight excluding hydrogens is 226 g/mol. The maximum atomic E-state index is 8.74. The normalized spacial score (nSPS) is 15.8. The molecule has 3 heteroatoms. The minimum atomic E-state index is 0.131. The van der Waals surface area contributed by atoms with E-state index in [2.05, 4.69) is 13.0 Å². The van der Waals surface area contributed by atoms with Gasteiger partial charge in [0.1, 0.15) is 11.5 Å². The molecule has 1 fully saturated rings. The highest BCUT2D eigenvalue weighted by Crippen LogP contribution is 2.48. The minimum Gasteiger partial charge on any atom is -0.494 e. The molecule has 1 aromatic carbocycles. The Morgan fingerprint density at radius 3 is 2.28 bits per heavy atom. The van der Waals surface area contributed by atoms with Gasteiger partial charge in [0.15, 0.2) is 0 Å². The van der Waals surface area contributed by atoms with E-state index in [1.807, 2.05) is 24.3 Å². The Kier molecular flexibility index (Phi) is 4.09. The molecule has 0 bridgehead atoms. The first-order chi connectivity index (χ1) is 8.78. The third-order valence-corrected chi connectivity index (χ3v) is 3.25. The molecule has 2 rings (SSSR count). The molecule has 0 aliphatic heterocycles. The molecule has 1 aliphatic rings. The number of benzene rings is 1. The van der Waals surface area contributed by atoms with Crippen LogP contribution in [0, 0.1) is 16.7 Å². The molecule has 1 aliphatic carbocycles. The number of rotatable bonds is 7. The third kappa shape index (κ3) is 3.40. The lowest BCUT2D eigenvalue weighted by Gasteiger charge is -2.13. The summed E-state index contributed by atoms with van der Waals surface area (Å²) in [7, 11) is 0. The minimum absolute atomic E-state index is 0.131. The van der Waals surface area contributed by atoms with Gasteiger partial charge >= 0.3 is 0 Å². The fourth-order valence-corrected chi connectivity index (χ4v) is 1.81. The van der Waals surface area contributed by atoms with E-state index in [9.17, 15) is 0 Å². The van der Waals surface area contributed by atoms with Crippen LogP contribution in [0.3, 0.4) is 0 Å². The number of nitriles is 1. The van der Waals surface area contributed by atoms with Gasteiger partial charge in [-0.05, 0) is 43.5 Å². The Balaban J connectivity index is 1.81. The van der Waals surface area contributed by atoms with Gasteiger partial charge in [0.05, 0.1) is 19.3 Å². The van der Waals surface area contributed by atoms with Crippen LogP contribution >= 0.6 is 0 Å². The van der Waals surface area contributed by atoms with Gasteiger partial charge in [0.2, 0.25) is 0 Å². The molecule has 3 nitrogen and oxygen atoms in total. The number of ether oxygens (including phenoxy) is 2. The topological polar surface area (TPSA) is 42.2 Å². The Bertz CT molecular complexity index is 415. The van der Waals surface area contributed by atoms with Gasteiger partial charge in [-0.25, -0.2) is 0 Å². The molecule has 18 heavy (non-hydrogen) atoms. The first kappa shape index (κ1) is 12.8. The van der Waals surface area contributed by atoms with Gasteiger partial charge in [-0.1, -0.05) is 6.92 Å². The first-order valence-electron chi connectivity index (χ1n) is 6.51. The summed E-state index contributed by atoms with van der Waals surface area (Å²) in [6.07, 6.45) is 3.83. The van der Waals surface area contributed by atoms with Crippen molar-refractivity contribution in [1.29, 1.82) is 5.26 Å². The van der Waals surface area contributed by atoms with Crippen LogP contribution in [-0.2, 0) is 0 Å². The van der Waals surface area contributed by atoms with E-state index in [4.69, 9.17) is 14.7 Å². The molecule has 1 saturated carbocycles. The number of hydrogen-bond donors (Lipinski definition) is 0. The summed E-state index contributed by atoms with van der Waals surface area (Å²) >= 11 is 0. The van der Waals surface area contributed by atoms with Gasteiger partial charge in [0, 0.05) is 11.8 Å². The van der Waals surface area contributed by atoms with Gasteiger partial charge < -0.3 is 9.47 Å². The molecule has 0 unspecified atom stereocenters. The van der Waals surface area contributed by atoms with Crippen LogP contribution in [0.1, 0.15) is 32.6 Å². The molecule has 0 spiro atoms. The Labute approximate surface area is 108 Å². The lowest BCUT2D eigenvalue weighted by Crippen LogP contribution is -2.12. The third-order valence-electron chi connectivity index (χ3n) is 3.25. The number of hydrogen-bond acceptors (Lipinski definition) is 3. The zero-order chi connectivity index (χ0) is 12.8. The van der Waals surface area contributed by atoms with Crippen molar-refractivity contribution >= 4 is 0 Å². The van der Waals surface area contributed by atoms with Crippen molar-refractivity contribution in [1.82, 2.24) is 0 Å². The van der Waals surface area contributed by atoms with Crippen molar-refractivity contribution < 1.29 is 9.47 Å². The van der Waals surface area contributed by atoms with E-state index in [1.165, 1.54) is 0 Å². The van der Waals surface area contributed by atoms with Crippen LogP contribution < -0.4 is 9.47 Å². The second kappa shape index (κ2) is 5.77. The van der Waals surface area contributed by atoms with Crippen molar-refractivity contribution in [2.24, 2.45) is 5.41 Å². The molecule has 0 heterocycles. The highest BCUT2D eigenvalue weighted by atomic mass is 16.5. The van der Waals surface area contributed by atoms with E-state index in [0.29, 0.717) is 13.0 Å². The van der Waals surface area contributed by atoms with Crippen molar-refractivity contribution in [3.63, 3.8) is 0 Å². The summed E-state index contributed by atoms with van der Waals surface area (Å²) < 4.78 is 11.2. The van der Waals surface area contributed by atoms with Crippen LogP contribution in [0.25, 0.3) is 0 Å².